The molecule has 18 heavy (non-hydrogen) atoms. The summed E-state index contributed by atoms with van der Waals surface area (Å²) in [5.74, 6) is 2.57. The Kier molecular flexibility index (Phi) is 3.14. The SMILES string of the molecule is Cc1cc2c(cc1CN(C)CC1CNC1)OCO2. The summed E-state index contributed by atoms with van der Waals surface area (Å²) in [7, 11) is 2.18. The Hall–Kier alpha value is -1.26. The molecule has 2 heterocycles. The Balaban J connectivity index is 1.67. The second-order valence-corrected chi connectivity index (χ2v) is 5.35. The summed E-state index contributed by atoms with van der Waals surface area (Å²) in [6.07, 6.45) is 0. The second kappa shape index (κ2) is 4.78. The topological polar surface area (TPSA) is 33.7 Å². The highest BCUT2D eigenvalue weighted by Gasteiger charge is 2.20. The first-order valence-electron chi connectivity index (χ1n) is 6.51. The first-order chi connectivity index (χ1) is 8.72. The van der Waals surface area contributed by atoms with E-state index < -0.39 is 0 Å². The molecular formula is C14H20N2O2. The van der Waals surface area contributed by atoms with Gasteiger partial charge >= 0.3 is 0 Å². The zero-order valence-corrected chi connectivity index (χ0v) is 11.0. The number of fused-ring (bicyclic) bond motifs is 1. The molecule has 0 atom stereocenters. The normalized spacial score (nSPS) is 18.2. The predicted molar refractivity (Wildman–Crippen MR) is 70.0 cm³/mol. The number of hydrogen-bond donors (Lipinski definition) is 1. The molecule has 0 radical (unpaired) electrons. The Morgan fingerprint density at radius 2 is 2.00 bits per heavy atom. The first kappa shape index (κ1) is 11.8. The molecule has 1 N–H and O–H groups in total. The summed E-state index contributed by atoms with van der Waals surface area (Å²) in [6.45, 7) is 6.92. The highest BCUT2D eigenvalue weighted by molar-refractivity contribution is 5.48. The molecule has 0 unspecified atom stereocenters. The summed E-state index contributed by atoms with van der Waals surface area (Å²) >= 11 is 0. The summed E-state index contributed by atoms with van der Waals surface area (Å²) < 4.78 is 10.8. The van der Waals surface area contributed by atoms with Gasteiger partial charge in [0.25, 0.3) is 0 Å². The minimum Gasteiger partial charge on any atom is -0.454 e. The van der Waals surface area contributed by atoms with Crippen LogP contribution in [0.1, 0.15) is 11.1 Å². The minimum atomic E-state index is 0.349. The van der Waals surface area contributed by atoms with Crippen molar-refractivity contribution in [3.63, 3.8) is 0 Å². The number of ether oxygens (including phenoxy) is 2. The molecule has 3 rings (SSSR count). The van der Waals surface area contributed by atoms with Crippen LogP contribution >= 0.6 is 0 Å². The third-order valence-electron chi connectivity index (χ3n) is 3.71. The lowest BCUT2D eigenvalue weighted by atomic mass is 10.0. The lowest BCUT2D eigenvalue weighted by Crippen LogP contribution is -2.47. The van der Waals surface area contributed by atoms with Gasteiger partial charge < -0.3 is 19.7 Å². The van der Waals surface area contributed by atoms with Gasteiger partial charge in [0.1, 0.15) is 0 Å². The molecule has 1 aromatic rings. The molecule has 0 aromatic heterocycles. The van der Waals surface area contributed by atoms with Crippen LogP contribution in [0.4, 0.5) is 0 Å². The maximum Gasteiger partial charge on any atom is 0.231 e. The summed E-state index contributed by atoms with van der Waals surface area (Å²) in [6, 6.07) is 4.20. The summed E-state index contributed by atoms with van der Waals surface area (Å²) in [4.78, 5) is 2.38. The van der Waals surface area contributed by atoms with Crippen LogP contribution in [0.2, 0.25) is 0 Å². The number of benzene rings is 1. The molecule has 0 bridgehead atoms. The molecule has 4 heteroatoms. The van der Waals surface area contributed by atoms with Gasteiger partial charge in [-0.15, -0.1) is 0 Å². The van der Waals surface area contributed by atoms with Gasteiger partial charge in [-0.3, -0.25) is 0 Å². The van der Waals surface area contributed by atoms with Crippen molar-refractivity contribution in [1.29, 1.82) is 0 Å². The summed E-state index contributed by atoms with van der Waals surface area (Å²) in [5, 5.41) is 3.31. The molecule has 0 aliphatic carbocycles. The molecule has 0 spiro atoms. The second-order valence-electron chi connectivity index (χ2n) is 5.35. The summed E-state index contributed by atoms with van der Waals surface area (Å²) in [5.41, 5.74) is 2.60. The van der Waals surface area contributed by atoms with Crippen LogP contribution in [0.15, 0.2) is 12.1 Å². The molecule has 4 nitrogen and oxygen atoms in total. The van der Waals surface area contributed by atoms with Crippen molar-refractivity contribution in [3.8, 4) is 11.5 Å². The maximum atomic E-state index is 5.44. The largest absolute Gasteiger partial charge is 0.454 e. The minimum absolute atomic E-state index is 0.349. The van der Waals surface area contributed by atoms with Crippen LogP contribution < -0.4 is 14.8 Å². The van der Waals surface area contributed by atoms with E-state index in [1.807, 2.05) is 0 Å². The fraction of sp³-hybridized carbons (Fsp3) is 0.571. The van der Waals surface area contributed by atoms with Crippen LogP contribution in [0.25, 0.3) is 0 Å². The number of aryl methyl sites for hydroxylation is 1. The van der Waals surface area contributed by atoms with Gasteiger partial charge in [0.2, 0.25) is 6.79 Å². The van der Waals surface area contributed by atoms with Crippen molar-refractivity contribution in [2.24, 2.45) is 5.92 Å². The van der Waals surface area contributed by atoms with E-state index in [1.165, 1.54) is 11.1 Å². The van der Waals surface area contributed by atoms with E-state index in [9.17, 15) is 0 Å². The molecule has 1 fully saturated rings. The molecule has 2 aliphatic heterocycles. The van der Waals surface area contributed by atoms with Crippen LogP contribution in [0.3, 0.4) is 0 Å². The monoisotopic (exact) mass is 248 g/mol. The van der Waals surface area contributed by atoms with Gasteiger partial charge in [0.05, 0.1) is 0 Å². The fourth-order valence-electron chi connectivity index (χ4n) is 2.53. The fourth-order valence-corrected chi connectivity index (χ4v) is 2.53. The molecular weight excluding hydrogens is 228 g/mol. The van der Waals surface area contributed by atoms with E-state index in [0.717, 1.165) is 43.6 Å². The lowest BCUT2D eigenvalue weighted by Gasteiger charge is -2.31. The van der Waals surface area contributed by atoms with Gasteiger partial charge in [-0.1, -0.05) is 0 Å². The average Bonchev–Trinajstić information content (AvgIpc) is 2.71. The van der Waals surface area contributed by atoms with Gasteiger partial charge in [-0.05, 0) is 43.1 Å². The number of hydrogen-bond acceptors (Lipinski definition) is 4. The van der Waals surface area contributed by atoms with Gasteiger partial charge in [0, 0.05) is 26.2 Å². The molecule has 0 amide bonds. The molecule has 98 valence electrons. The van der Waals surface area contributed by atoms with Crippen LogP contribution in [-0.4, -0.2) is 38.4 Å². The van der Waals surface area contributed by atoms with Gasteiger partial charge in [-0.25, -0.2) is 0 Å². The zero-order valence-electron chi connectivity index (χ0n) is 11.0. The standard InChI is InChI=1S/C14H20N2O2/c1-10-3-13-14(18-9-17-13)4-12(10)8-16(2)7-11-5-15-6-11/h3-4,11,15H,5-9H2,1-2H3. The molecule has 2 aliphatic rings. The Morgan fingerprint density at radius 3 is 2.67 bits per heavy atom. The maximum absolute atomic E-state index is 5.44. The highest BCUT2D eigenvalue weighted by atomic mass is 16.7. The van der Waals surface area contributed by atoms with E-state index >= 15 is 0 Å². The van der Waals surface area contributed by atoms with Crippen molar-refractivity contribution in [2.75, 3.05) is 33.5 Å². The molecule has 1 aromatic carbocycles. The third kappa shape index (κ3) is 2.31. The van der Waals surface area contributed by atoms with E-state index in [-0.39, 0.29) is 0 Å². The van der Waals surface area contributed by atoms with Crippen LogP contribution in [-0.2, 0) is 6.54 Å². The van der Waals surface area contributed by atoms with Gasteiger partial charge in [-0.2, -0.15) is 0 Å². The van der Waals surface area contributed by atoms with Crippen molar-refractivity contribution < 1.29 is 9.47 Å². The van der Waals surface area contributed by atoms with Crippen molar-refractivity contribution in [1.82, 2.24) is 10.2 Å². The van der Waals surface area contributed by atoms with E-state index in [2.05, 4.69) is 36.3 Å². The molecule has 1 saturated heterocycles. The molecule has 0 saturated carbocycles. The number of nitrogens with zero attached hydrogens (tertiary/aromatic N) is 1. The van der Waals surface area contributed by atoms with Crippen molar-refractivity contribution in [2.45, 2.75) is 13.5 Å². The predicted octanol–water partition coefficient (Wildman–Crippen LogP) is 1.37. The lowest BCUT2D eigenvalue weighted by molar-refractivity contribution is 0.174. The van der Waals surface area contributed by atoms with Crippen LogP contribution in [0, 0.1) is 12.8 Å². The Labute approximate surface area is 108 Å². The average molecular weight is 248 g/mol. The smallest absolute Gasteiger partial charge is 0.231 e. The third-order valence-corrected chi connectivity index (χ3v) is 3.71. The Morgan fingerprint density at radius 1 is 1.28 bits per heavy atom. The van der Waals surface area contributed by atoms with Crippen LogP contribution in [0.5, 0.6) is 11.5 Å². The zero-order chi connectivity index (χ0) is 12.5. The van der Waals surface area contributed by atoms with E-state index in [4.69, 9.17) is 9.47 Å². The number of nitrogens with one attached hydrogen (secondary N) is 1. The number of rotatable bonds is 4. The first-order valence-corrected chi connectivity index (χ1v) is 6.51. The quantitative estimate of drug-likeness (QED) is 0.872. The van der Waals surface area contributed by atoms with E-state index in [1.54, 1.807) is 0 Å². The Bertz CT molecular complexity index is 444. The highest BCUT2D eigenvalue weighted by Crippen LogP contribution is 2.34. The van der Waals surface area contributed by atoms with Crippen molar-refractivity contribution >= 4 is 0 Å². The van der Waals surface area contributed by atoms with E-state index in [0.29, 0.717) is 6.79 Å². The van der Waals surface area contributed by atoms with Crippen molar-refractivity contribution in [3.05, 3.63) is 23.3 Å². The van der Waals surface area contributed by atoms with Gasteiger partial charge in [0.15, 0.2) is 11.5 Å².